The van der Waals surface area contributed by atoms with Gasteiger partial charge in [-0.3, -0.25) is 4.79 Å². The fourth-order valence-corrected chi connectivity index (χ4v) is 1.94. The van der Waals surface area contributed by atoms with Crippen molar-refractivity contribution in [1.82, 2.24) is 9.88 Å². The SMILES string of the molecule is CC1(O)CCN(C(=O)c2ccc(C#N)cn2)CC1. The number of carbonyl (C=O) groups is 1. The van der Waals surface area contributed by atoms with Crippen molar-refractivity contribution in [2.24, 2.45) is 0 Å². The molecule has 5 nitrogen and oxygen atoms in total. The third-order valence-electron chi connectivity index (χ3n) is 3.24. The topological polar surface area (TPSA) is 77.2 Å². The number of pyridine rings is 1. The summed E-state index contributed by atoms with van der Waals surface area (Å²) in [6.45, 7) is 2.86. The lowest BCUT2D eigenvalue weighted by molar-refractivity contribution is -0.00219. The van der Waals surface area contributed by atoms with E-state index in [1.54, 1.807) is 24.0 Å². The van der Waals surface area contributed by atoms with Gasteiger partial charge in [0.2, 0.25) is 0 Å². The highest BCUT2D eigenvalue weighted by Gasteiger charge is 2.30. The van der Waals surface area contributed by atoms with Gasteiger partial charge in [-0.15, -0.1) is 0 Å². The van der Waals surface area contributed by atoms with Crippen molar-refractivity contribution in [3.8, 4) is 6.07 Å². The van der Waals surface area contributed by atoms with E-state index in [9.17, 15) is 9.90 Å². The molecule has 0 bridgehead atoms. The molecule has 0 aliphatic carbocycles. The van der Waals surface area contributed by atoms with Crippen molar-refractivity contribution in [1.29, 1.82) is 5.26 Å². The largest absolute Gasteiger partial charge is 0.390 e. The first kappa shape index (κ1) is 12.5. The monoisotopic (exact) mass is 245 g/mol. The summed E-state index contributed by atoms with van der Waals surface area (Å²) in [7, 11) is 0. The molecule has 2 heterocycles. The second-order valence-electron chi connectivity index (χ2n) is 4.83. The first-order valence-corrected chi connectivity index (χ1v) is 5.90. The molecule has 0 radical (unpaired) electrons. The predicted molar refractivity (Wildman–Crippen MR) is 64.7 cm³/mol. The molecule has 0 aromatic carbocycles. The Labute approximate surface area is 106 Å². The first-order chi connectivity index (χ1) is 8.52. The molecule has 18 heavy (non-hydrogen) atoms. The van der Waals surface area contributed by atoms with E-state index in [1.165, 1.54) is 6.20 Å². The van der Waals surface area contributed by atoms with Crippen LogP contribution in [0.3, 0.4) is 0 Å². The number of nitriles is 1. The number of hydrogen-bond donors (Lipinski definition) is 1. The van der Waals surface area contributed by atoms with E-state index < -0.39 is 5.60 Å². The van der Waals surface area contributed by atoms with Gasteiger partial charge in [0.25, 0.3) is 5.91 Å². The normalized spacial score (nSPS) is 18.2. The maximum absolute atomic E-state index is 12.1. The smallest absolute Gasteiger partial charge is 0.272 e. The van der Waals surface area contributed by atoms with Crippen LogP contribution in [0.15, 0.2) is 18.3 Å². The Kier molecular flexibility index (Phi) is 3.30. The standard InChI is InChI=1S/C13H15N3O2/c1-13(18)4-6-16(7-5-13)12(17)11-3-2-10(8-14)9-15-11/h2-3,9,18H,4-7H2,1H3. The van der Waals surface area contributed by atoms with Gasteiger partial charge in [0.05, 0.1) is 11.2 Å². The van der Waals surface area contributed by atoms with Crippen LogP contribution in [-0.4, -0.2) is 39.6 Å². The fraction of sp³-hybridized carbons (Fsp3) is 0.462. The van der Waals surface area contributed by atoms with E-state index in [4.69, 9.17) is 5.26 Å². The van der Waals surface area contributed by atoms with Crippen LogP contribution in [0.5, 0.6) is 0 Å². The minimum absolute atomic E-state index is 0.144. The Balaban J connectivity index is 2.06. The average molecular weight is 245 g/mol. The number of aliphatic hydroxyl groups is 1. The molecule has 0 saturated carbocycles. The number of hydrogen-bond acceptors (Lipinski definition) is 4. The van der Waals surface area contributed by atoms with E-state index >= 15 is 0 Å². The molecule has 0 unspecified atom stereocenters. The lowest BCUT2D eigenvalue weighted by Crippen LogP contribution is -2.45. The van der Waals surface area contributed by atoms with Gasteiger partial charge in [0.1, 0.15) is 11.8 Å². The summed E-state index contributed by atoms with van der Waals surface area (Å²) < 4.78 is 0. The van der Waals surface area contributed by atoms with Crippen LogP contribution in [0.25, 0.3) is 0 Å². The van der Waals surface area contributed by atoms with Crippen molar-refractivity contribution < 1.29 is 9.90 Å². The van der Waals surface area contributed by atoms with E-state index in [2.05, 4.69) is 4.98 Å². The molecule has 5 heteroatoms. The number of nitrogens with zero attached hydrogens (tertiary/aromatic N) is 3. The number of carbonyl (C=O) groups excluding carboxylic acids is 1. The van der Waals surface area contributed by atoms with Gasteiger partial charge < -0.3 is 10.0 Å². The minimum atomic E-state index is -0.672. The van der Waals surface area contributed by atoms with Crippen molar-refractivity contribution in [3.05, 3.63) is 29.6 Å². The zero-order valence-corrected chi connectivity index (χ0v) is 10.3. The summed E-state index contributed by atoms with van der Waals surface area (Å²) >= 11 is 0. The van der Waals surface area contributed by atoms with E-state index in [0.717, 1.165) is 0 Å². The van der Waals surface area contributed by atoms with Crippen LogP contribution in [0.1, 0.15) is 35.8 Å². The van der Waals surface area contributed by atoms with Crippen LogP contribution in [0.2, 0.25) is 0 Å². The molecule has 0 atom stereocenters. The summed E-state index contributed by atoms with van der Waals surface area (Å²) in [5, 5.41) is 18.5. The number of aromatic nitrogens is 1. The average Bonchev–Trinajstić information content (AvgIpc) is 2.38. The molecule has 1 fully saturated rings. The number of amides is 1. The Morgan fingerprint density at radius 3 is 2.67 bits per heavy atom. The lowest BCUT2D eigenvalue weighted by atomic mass is 9.94. The molecule has 1 N–H and O–H groups in total. The lowest BCUT2D eigenvalue weighted by Gasteiger charge is -2.35. The van der Waals surface area contributed by atoms with Gasteiger partial charge in [0.15, 0.2) is 0 Å². The Hall–Kier alpha value is -1.93. The summed E-state index contributed by atoms with van der Waals surface area (Å²) in [6.07, 6.45) is 2.55. The molecule has 1 aromatic heterocycles. The van der Waals surface area contributed by atoms with Crippen molar-refractivity contribution in [2.75, 3.05) is 13.1 Å². The van der Waals surface area contributed by atoms with Crippen LogP contribution >= 0.6 is 0 Å². The molecule has 2 rings (SSSR count). The van der Waals surface area contributed by atoms with Gasteiger partial charge in [0, 0.05) is 19.3 Å². The third kappa shape index (κ3) is 2.66. The van der Waals surface area contributed by atoms with Crippen molar-refractivity contribution >= 4 is 5.91 Å². The molecule has 0 spiro atoms. The highest BCUT2D eigenvalue weighted by atomic mass is 16.3. The second kappa shape index (κ2) is 4.75. The molecule has 1 aromatic rings. The summed E-state index contributed by atoms with van der Waals surface area (Å²) in [5.41, 5.74) is 0.109. The minimum Gasteiger partial charge on any atom is -0.390 e. The van der Waals surface area contributed by atoms with E-state index in [-0.39, 0.29) is 5.91 Å². The van der Waals surface area contributed by atoms with Gasteiger partial charge >= 0.3 is 0 Å². The van der Waals surface area contributed by atoms with E-state index in [0.29, 0.717) is 37.2 Å². The Morgan fingerprint density at radius 1 is 1.50 bits per heavy atom. The molecular weight excluding hydrogens is 230 g/mol. The zero-order valence-electron chi connectivity index (χ0n) is 10.3. The van der Waals surface area contributed by atoms with Crippen molar-refractivity contribution in [3.63, 3.8) is 0 Å². The van der Waals surface area contributed by atoms with Gasteiger partial charge in [-0.1, -0.05) is 0 Å². The fourth-order valence-electron chi connectivity index (χ4n) is 1.94. The molecule has 1 amide bonds. The highest BCUT2D eigenvalue weighted by molar-refractivity contribution is 5.92. The number of rotatable bonds is 1. The first-order valence-electron chi connectivity index (χ1n) is 5.90. The van der Waals surface area contributed by atoms with E-state index in [1.807, 2.05) is 6.07 Å². The quantitative estimate of drug-likeness (QED) is 0.798. The zero-order chi connectivity index (χ0) is 13.2. The highest BCUT2D eigenvalue weighted by Crippen LogP contribution is 2.22. The second-order valence-corrected chi connectivity index (χ2v) is 4.83. The maximum Gasteiger partial charge on any atom is 0.272 e. The molecular formula is C13H15N3O2. The summed E-state index contributed by atoms with van der Waals surface area (Å²) in [6, 6.07) is 5.11. The molecule has 1 aliphatic rings. The molecule has 1 aliphatic heterocycles. The van der Waals surface area contributed by atoms with Crippen LogP contribution < -0.4 is 0 Å². The van der Waals surface area contributed by atoms with Gasteiger partial charge in [-0.25, -0.2) is 4.98 Å². The number of piperidine rings is 1. The van der Waals surface area contributed by atoms with Crippen LogP contribution in [0, 0.1) is 11.3 Å². The van der Waals surface area contributed by atoms with Crippen LogP contribution in [0.4, 0.5) is 0 Å². The third-order valence-corrected chi connectivity index (χ3v) is 3.24. The molecule has 94 valence electrons. The summed E-state index contributed by atoms with van der Waals surface area (Å²) in [4.78, 5) is 17.8. The predicted octanol–water partition coefficient (Wildman–Crippen LogP) is 0.940. The Bertz CT molecular complexity index is 478. The van der Waals surface area contributed by atoms with Gasteiger partial charge in [-0.2, -0.15) is 5.26 Å². The van der Waals surface area contributed by atoms with Gasteiger partial charge in [-0.05, 0) is 31.9 Å². The number of likely N-dealkylation sites (tertiary alicyclic amines) is 1. The van der Waals surface area contributed by atoms with Crippen molar-refractivity contribution in [2.45, 2.75) is 25.4 Å². The maximum atomic E-state index is 12.1. The molecule has 1 saturated heterocycles. The Morgan fingerprint density at radius 2 is 2.17 bits per heavy atom. The summed E-state index contributed by atoms with van der Waals surface area (Å²) in [5.74, 6) is -0.144. The van der Waals surface area contributed by atoms with Crippen LogP contribution in [-0.2, 0) is 0 Å².